The average molecular weight is 276 g/mol. The smallest absolute Gasteiger partial charge is 0.124 e. The molecule has 0 aliphatic carbocycles. The van der Waals surface area contributed by atoms with Gasteiger partial charge in [0.05, 0.1) is 12.3 Å². The molecule has 0 radical (unpaired) electrons. The molecule has 1 aromatic carbocycles. The van der Waals surface area contributed by atoms with E-state index in [9.17, 15) is 0 Å². The SMILES string of the molecule is COCc1ccccc1-c1nc(CNC(C)C)cs1. The molecule has 0 aliphatic rings. The Morgan fingerprint density at radius 3 is 2.84 bits per heavy atom. The first-order valence-electron chi connectivity index (χ1n) is 6.45. The zero-order chi connectivity index (χ0) is 13.7. The van der Waals surface area contributed by atoms with Gasteiger partial charge in [0.25, 0.3) is 0 Å². The van der Waals surface area contributed by atoms with E-state index in [0.717, 1.165) is 17.2 Å². The van der Waals surface area contributed by atoms with Crippen molar-refractivity contribution in [2.45, 2.75) is 33.0 Å². The highest BCUT2D eigenvalue weighted by atomic mass is 32.1. The second kappa shape index (κ2) is 6.80. The highest BCUT2D eigenvalue weighted by molar-refractivity contribution is 7.13. The molecule has 1 N–H and O–H groups in total. The van der Waals surface area contributed by atoms with E-state index in [-0.39, 0.29) is 0 Å². The van der Waals surface area contributed by atoms with Crippen LogP contribution in [0.2, 0.25) is 0 Å². The van der Waals surface area contributed by atoms with Gasteiger partial charge in [0, 0.05) is 30.6 Å². The summed E-state index contributed by atoms with van der Waals surface area (Å²) in [4.78, 5) is 4.70. The van der Waals surface area contributed by atoms with Crippen LogP contribution in [0.3, 0.4) is 0 Å². The zero-order valence-electron chi connectivity index (χ0n) is 11.6. The maximum atomic E-state index is 5.24. The van der Waals surface area contributed by atoms with Gasteiger partial charge in [0.15, 0.2) is 0 Å². The fourth-order valence-electron chi connectivity index (χ4n) is 1.83. The van der Waals surface area contributed by atoms with E-state index in [4.69, 9.17) is 9.72 Å². The van der Waals surface area contributed by atoms with Gasteiger partial charge in [-0.1, -0.05) is 38.1 Å². The van der Waals surface area contributed by atoms with Crippen LogP contribution in [-0.2, 0) is 17.9 Å². The summed E-state index contributed by atoms with van der Waals surface area (Å²) >= 11 is 1.69. The van der Waals surface area contributed by atoms with E-state index in [2.05, 4.69) is 36.7 Å². The first-order valence-corrected chi connectivity index (χ1v) is 7.33. The van der Waals surface area contributed by atoms with Crippen LogP contribution in [0.1, 0.15) is 25.1 Å². The number of aromatic nitrogens is 1. The van der Waals surface area contributed by atoms with Crippen molar-refractivity contribution in [1.82, 2.24) is 10.3 Å². The van der Waals surface area contributed by atoms with Gasteiger partial charge >= 0.3 is 0 Å². The second-order valence-electron chi connectivity index (χ2n) is 4.77. The van der Waals surface area contributed by atoms with Crippen LogP contribution in [-0.4, -0.2) is 18.1 Å². The summed E-state index contributed by atoms with van der Waals surface area (Å²) in [7, 11) is 1.72. The molecule has 0 spiro atoms. The first kappa shape index (κ1) is 14.2. The molecule has 0 amide bonds. The van der Waals surface area contributed by atoms with E-state index < -0.39 is 0 Å². The van der Waals surface area contributed by atoms with Crippen LogP contribution in [0, 0.1) is 0 Å². The van der Waals surface area contributed by atoms with E-state index in [0.29, 0.717) is 12.6 Å². The Bertz CT molecular complexity index is 522. The second-order valence-corrected chi connectivity index (χ2v) is 5.63. The van der Waals surface area contributed by atoms with Crippen molar-refractivity contribution in [2.75, 3.05) is 7.11 Å². The fraction of sp³-hybridized carbons (Fsp3) is 0.400. The summed E-state index contributed by atoms with van der Waals surface area (Å²) in [5, 5.41) is 6.57. The van der Waals surface area contributed by atoms with Crippen molar-refractivity contribution < 1.29 is 4.74 Å². The highest BCUT2D eigenvalue weighted by Gasteiger charge is 2.09. The third-order valence-electron chi connectivity index (χ3n) is 2.79. The van der Waals surface area contributed by atoms with Gasteiger partial charge in [-0.2, -0.15) is 0 Å². The number of nitrogens with one attached hydrogen (secondary N) is 1. The molecule has 0 saturated heterocycles. The number of rotatable bonds is 6. The topological polar surface area (TPSA) is 34.1 Å². The maximum Gasteiger partial charge on any atom is 0.124 e. The van der Waals surface area contributed by atoms with Gasteiger partial charge in [-0.15, -0.1) is 11.3 Å². The molecule has 3 nitrogen and oxygen atoms in total. The average Bonchev–Trinajstić information content (AvgIpc) is 2.86. The molecule has 2 aromatic rings. The lowest BCUT2D eigenvalue weighted by atomic mass is 10.1. The number of methoxy groups -OCH3 is 1. The lowest BCUT2D eigenvalue weighted by molar-refractivity contribution is 0.185. The number of hydrogen-bond acceptors (Lipinski definition) is 4. The monoisotopic (exact) mass is 276 g/mol. The van der Waals surface area contributed by atoms with E-state index >= 15 is 0 Å². The van der Waals surface area contributed by atoms with Crippen molar-refractivity contribution in [3.63, 3.8) is 0 Å². The zero-order valence-corrected chi connectivity index (χ0v) is 12.5. The Hall–Kier alpha value is -1.23. The third kappa shape index (κ3) is 3.86. The van der Waals surface area contributed by atoms with Gasteiger partial charge in [-0.25, -0.2) is 4.98 Å². The fourth-order valence-corrected chi connectivity index (χ4v) is 2.71. The van der Waals surface area contributed by atoms with E-state index in [1.54, 1.807) is 18.4 Å². The van der Waals surface area contributed by atoms with Gasteiger partial charge < -0.3 is 10.1 Å². The van der Waals surface area contributed by atoms with Crippen LogP contribution in [0.4, 0.5) is 0 Å². The molecule has 0 atom stereocenters. The summed E-state index contributed by atoms with van der Waals surface area (Å²) in [6, 6.07) is 8.75. The Morgan fingerprint density at radius 1 is 1.32 bits per heavy atom. The molecular formula is C15H20N2OS. The Morgan fingerprint density at radius 2 is 2.11 bits per heavy atom. The molecule has 0 aliphatic heterocycles. The van der Waals surface area contributed by atoms with Crippen LogP contribution in [0.15, 0.2) is 29.6 Å². The largest absolute Gasteiger partial charge is 0.380 e. The summed E-state index contributed by atoms with van der Waals surface area (Å²) in [5.41, 5.74) is 3.45. The van der Waals surface area contributed by atoms with Gasteiger partial charge in [-0.05, 0) is 5.56 Å². The van der Waals surface area contributed by atoms with Gasteiger partial charge in [-0.3, -0.25) is 0 Å². The van der Waals surface area contributed by atoms with E-state index in [1.165, 1.54) is 11.1 Å². The van der Waals surface area contributed by atoms with Crippen LogP contribution in [0.25, 0.3) is 10.6 Å². The molecule has 1 aromatic heterocycles. The predicted molar refractivity (Wildman–Crippen MR) is 80.2 cm³/mol. The third-order valence-corrected chi connectivity index (χ3v) is 3.72. The molecular weight excluding hydrogens is 256 g/mol. The molecule has 2 rings (SSSR count). The first-order chi connectivity index (χ1) is 9.20. The molecule has 102 valence electrons. The summed E-state index contributed by atoms with van der Waals surface area (Å²) in [6.45, 7) is 5.72. The molecule has 4 heteroatoms. The molecule has 0 fully saturated rings. The number of hydrogen-bond donors (Lipinski definition) is 1. The highest BCUT2D eigenvalue weighted by Crippen LogP contribution is 2.27. The van der Waals surface area contributed by atoms with Crippen molar-refractivity contribution >= 4 is 11.3 Å². The lowest BCUT2D eigenvalue weighted by Gasteiger charge is -2.06. The Balaban J connectivity index is 2.18. The van der Waals surface area contributed by atoms with E-state index in [1.807, 2.05) is 12.1 Å². The van der Waals surface area contributed by atoms with Gasteiger partial charge in [0.2, 0.25) is 0 Å². The van der Waals surface area contributed by atoms with Crippen molar-refractivity contribution in [1.29, 1.82) is 0 Å². The minimum atomic E-state index is 0.478. The molecule has 0 unspecified atom stereocenters. The molecule has 19 heavy (non-hydrogen) atoms. The number of ether oxygens (including phenoxy) is 1. The Kier molecular flexibility index (Phi) is 5.07. The quantitative estimate of drug-likeness (QED) is 0.877. The molecule has 0 bridgehead atoms. The minimum absolute atomic E-state index is 0.478. The Labute approximate surface area is 118 Å². The van der Waals surface area contributed by atoms with Gasteiger partial charge in [0.1, 0.15) is 5.01 Å². The van der Waals surface area contributed by atoms with Crippen LogP contribution in [0.5, 0.6) is 0 Å². The number of thiazole rings is 1. The standard InChI is InChI=1S/C15H20N2OS/c1-11(2)16-8-13-10-19-15(17-13)14-7-5-4-6-12(14)9-18-3/h4-7,10-11,16H,8-9H2,1-3H3. The minimum Gasteiger partial charge on any atom is -0.380 e. The summed E-state index contributed by atoms with van der Waals surface area (Å²) in [6.07, 6.45) is 0. The van der Waals surface area contributed by atoms with Crippen molar-refractivity contribution in [2.24, 2.45) is 0 Å². The van der Waals surface area contributed by atoms with Crippen LogP contribution >= 0.6 is 11.3 Å². The molecule has 1 heterocycles. The number of nitrogens with zero attached hydrogens (tertiary/aromatic N) is 1. The maximum absolute atomic E-state index is 5.24. The summed E-state index contributed by atoms with van der Waals surface area (Å²) < 4.78 is 5.24. The lowest BCUT2D eigenvalue weighted by Crippen LogP contribution is -2.21. The molecule has 0 saturated carbocycles. The van der Waals surface area contributed by atoms with Crippen molar-refractivity contribution in [3.05, 3.63) is 40.9 Å². The van der Waals surface area contributed by atoms with Crippen molar-refractivity contribution in [3.8, 4) is 10.6 Å². The summed E-state index contributed by atoms with van der Waals surface area (Å²) in [5.74, 6) is 0. The number of benzene rings is 1. The predicted octanol–water partition coefficient (Wildman–Crippen LogP) is 3.45. The van der Waals surface area contributed by atoms with Crippen LogP contribution < -0.4 is 5.32 Å². The normalized spacial score (nSPS) is 11.2.